The Hall–Kier alpha value is -5.25. The number of nitrogen functional groups attached to an aromatic ring is 1. The first-order valence-corrected chi connectivity index (χ1v) is 23.2. The van der Waals surface area contributed by atoms with Crippen LogP contribution in [0.4, 0.5) is 5.82 Å². The van der Waals surface area contributed by atoms with Crippen LogP contribution in [-0.2, 0) is 41.9 Å². The molecule has 346 valence electrons. The molecule has 65 heavy (non-hydrogen) atoms. The van der Waals surface area contributed by atoms with Crippen LogP contribution in [0.3, 0.4) is 0 Å². The molecule has 4 heterocycles. The standard InChI is InChI=1S/C35H31Cl2N4O21P3/c1-55-21-9-18-29(25(36)27(21)43)59-30-19(10-22(56-2)28(44)26(30)37)35(18)17-8-14(5-6-16(17)33(46)60-35)32(45)39-7-3-4-15-12-41(34(47)40-31(15)38)24-11-20(42)23(58-24)13-57-64(51,52)62-65(53,54)61-63(48,49)50/h5-6,8-10,12,20,23-24,42-44H,7,11,13H2,1-2H3,(H,39,45)(H,51,52)(H,53,54)(H2,38,40,47)(H2,48,49,50)/t20-,23+,24+/m0/s1. The molecule has 5 atom stereocenters. The minimum atomic E-state index is -5.82. The maximum atomic E-state index is 13.6. The van der Waals surface area contributed by atoms with Crippen LogP contribution < -0.4 is 31.0 Å². The topological polar surface area (TPSA) is 374 Å². The Morgan fingerprint density at radius 3 is 2.17 bits per heavy atom. The third-order valence-corrected chi connectivity index (χ3v) is 14.2. The number of aliphatic hydroxyl groups excluding tert-OH is 1. The van der Waals surface area contributed by atoms with E-state index in [-0.39, 0.29) is 85.2 Å². The number of aliphatic hydroxyl groups is 1. The van der Waals surface area contributed by atoms with Gasteiger partial charge in [0, 0.05) is 23.7 Å². The molecule has 4 aromatic rings. The van der Waals surface area contributed by atoms with Gasteiger partial charge in [0.1, 0.15) is 28.2 Å². The number of methoxy groups -OCH3 is 2. The Bertz CT molecular complexity index is 2890. The molecule has 1 saturated heterocycles. The van der Waals surface area contributed by atoms with Crippen molar-refractivity contribution in [3.63, 3.8) is 0 Å². The molecule has 1 fully saturated rings. The van der Waals surface area contributed by atoms with Crippen LogP contribution >= 0.6 is 46.7 Å². The van der Waals surface area contributed by atoms with E-state index < -0.39 is 83.2 Å². The number of nitrogens with one attached hydrogen (secondary N) is 1. The zero-order valence-electron chi connectivity index (χ0n) is 32.7. The third-order valence-electron chi connectivity index (χ3n) is 9.72. The van der Waals surface area contributed by atoms with Gasteiger partial charge in [0.15, 0.2) is 40.1 Å². The monoisotopic (exact) mass is 1010 g/mol. The van der Waals surface area contributed by atoms with E-state index in [1.54, 1.807) is 0 Å². The number of fused-ring (bicyclic) bond motifs is 6. The second kappa shape index (κ2) is 17.5. The molecule has 2 unspecified atom stereocenters. The van der Waals surface area contributed by atoms with Gasteiger partial charge in [-0.3, -0.25) is 13.9 Å². The number of carbonyl (C=O) groups is 2. The van der Waals surface area contributed by atoms with Crippen molar-refractivity contribution in [3.8, 4) is 46.3 Å². The number of anilines is 1. The summed E-state index contributed by atoms with van der Waals surface area (Å²) in [5, 5.41) is 33.9. The molecule has 0 bridgehead atoms. The number of nitrogens with two attached hydrogens (primary N) is 1. The van der Waals surface area contributed by atoms with Crippen LogP contribution in [0.2, 0.25) is 10.0 Å². The molecule has 3 aliphatic heterocycles. The largest absolute Gasteiger partial charge is 0.503 e. The van der Waals surface area contributed by atoms with E-state index in [0.29, 0.717) is 0 Å². The molecule has 30 heteroatoms. The Kier molecular flexibility index (Phi) is 12.9. The first-order chi connectivity index (χ1) is 30.4. The lowest BCUT2D eigenvalue weighted by atomic mass is 9.77. The predicted molar refractivity (Wildman–Crippen MR) is 218 cm³/mol. The Balaban J connectivity index is 1.11. The fourth-order valence-electron chi connectivity index (χ4n) is 6.94. The number of ether oxygens (including phenoxy) is 5. The smallest absolute Gasteiger partial charge is 0.490 e. The maximum Gasteiger partial charge on any atom is 0.490 e. The van der Waals surface area contributed by atoms with Gasteiger partial charge in [-0.15, -0.1) is 0 Å². The Morgan fingerprint density at radius 1 is 0.969 bits per heavy atom. The van der Waals surface area contributed by atoms with Crippen LogP contribution in [0.25, 0.3) is 0 Å². The number of aromatic nitrogens is 2. The van der Waals surface area contributed by atoms with E-state index in [1.807, 2.05) is 0 Å². The highest BCUT2D eigenvalue weighted by molar-refractivity contribution is 7.66. The van der Waals surface area contributed by atoms with E-state index >= 15 is 0 Å². The van der Waals surface area contributed by atoms with Gasteiger partial charge in [-0.1, -0.05) is 35.0 Å². The van der Waals surface area contributed by atoms with Gasteiger partial charge in [-0.2, -0.15) is 13.6 Å². The Morgan fingerprint density at radius 2 is 1.58 bits per heavy atom. The number of benzene rings is 3. The summed E-state index contributed by atoms with van der Waals surface area (Å²) in [7, 11) is -14.5. The minimum Gasteiger partial charge on any atom is -0.503 e. The summed E-state index contributed by atoms with van der Waals surface area (Å²) >= 11 is 13.1. The number of halogens is 2. The number of phosphoric ester groups is 1. The normalized spacial score (nSPS) is 19.9. The molecular weight excluding hydrogens is 976 g/mol. The lowest BCUT2D eigenvalue weighted by Crippen LogP contribution is -2.34. The number of aromatic hydroxyl groups is 2. The number of hydrogen-bond donors (Lipinski definition) is 9. The molecule has 0 saturated carbocycles. The van der Waals surface area contributed by atoms with Crippen molar-refractivity contribution in [2.45, 2.75) is 30.5 Å². The molecule has 3 aliphatic rings. The van der Waals surface area contributed by atoms with Gasteiger partial charge < -0.3 is 69.6 Å². The molecule has 7 rings (SSSR count). The number of phenols is 2. The summed E-state index contributed by atoms with van der Waals surface area (Å²) in [6.07, 6.45) is -3.49. The molecule has 1 amide bonds. The van der Waals surface area contributed by atoms with Crippen molar-refractivity contribution < 1.29 is 95.0 Å². The fraction of sp³-hybridized carbons (Fsp3) is 0.257. The van der Waals surface area contributed by atoms with Gasteiger partial charge in [-0.05, 0) is 30.3 Å². The average Bonchev–Trinajstić information content (AvgIpc) is 3.73. The van der Waals surface area contributed by atoms with Crippen molar-refractivity contribution in [2.24, 2.45) is 0 Å². The molecule has 0 radical (unpaired) electrons. The quantitative estimate of drug-likeness (QED) is 0.0559. The number of nitrogens with zero attached hydrogens (tertiary/aromatic N) is 2. The van der Waals surface area contributed by atoms with E-state index in [0.717, 1.165) is 10.8 Å². The van der Waals surface area contributed by atoms with Crippen LogP contribution in [0.5, 0.6) is 34.5 Å². The van der Waals surface area contributed by atoms with Crippen molar-refractivity contribution >= 4 is 64.4 Å². The summed E-state index contributed by atoms with van der Waals surface area (Å²) in [4.78, 5) is 80.1. The van der Waals surface area contributed by atoms with Crippen molar-refractivity contribution in [1.29, 1.82) is 0 Å². The van der Waals surface area contributed by atoms with Gasteiger partial charge >= 0.3 is 35.1 Å². The molecular formula is C35H31Cl2N4O21P3. The van der Waals surface area contributed by atoms with Crippen LogP contribution in [0.15, 0.2) is 41.3 Å². The second-order valence-electron chi connectivity index (χ2n) is 13.7. The zero-order chi connectivity index (χ0) is 47.6. The van der Waals surface area contributed by atoms with Crippen molar-refractivity contribution in [1.82, 2.24) is 14.9 Å². The molecule has 3 aromatic carbocycles. The molecule has 10 N–H and O–H groups in total. The lowest BCUT2D eigenvalue weighted by Gasteiger charge is -2.37. The van der Waals surface area contributed by atoms with E-state index in [9.17, 15) is 53.2 Å². The summed E-state index contributed by atoms with van der Waals surface area (Å²) in [6.45, 7) is -1.34. The Labute approximate surface area is 373 Å². The summed E-state index contributed by atoms with van der Waals surface area (Å²) in [6, 6.07) is 6.66. The molecule has 0 aliphatic carbocycles. The maximum absolute atomic E-state index is 13.6. The van der Waals surface area contributed by atoms with Crippen LogP contribution in [0.1, 0.15) is 55.6 Å². The highest BCUT2D eigenvalue weighted by Crippen LogP contribution is 2.67. The van der Waals surface area contributed by atoms with Gasteiger partial charge in [0.2, 0.25) is 0 Å². The summed E-state index contributed by atoms with van der Waals surface area (Å²) in [5.74, 6) is 1.67. The minimum absolute atomic E-state index is 0.00829. The summed E-state index contributed by atoms with van der Waals surface area (Å²) in [5.41, 5.74) is 3.10. The van der Waals surface area contributed by atoms with E-state index in [2.05, 4.69) is 35.3 Å². The lowest BCUT2D eigenvalue weighted by molar-refractivity contribution is -0.0449. The SMILES string of the molecule is COc1cc2c(c(Cl)c1O)Oc1c(cc(OC)c(O)c1Cl)C21OC(=O)c2ccc(C(=O)NCC#Cc3cn([C@H]4C[C@H](O)[C@@H](COP(=O)(O)OP(=O)(O)OP(=O)(O)O)O4)c(=O)nc3N)cc21. The van der Waals surface area contributed by atoms with Crippen LogP contribution in [-0.4, -0.2) is 95.9 Å². The van der Waals surface area contributed by atoms with Gasteiger partial charge in [0.25, 0.3) is 5.91 Å². The number of amides is 1. The predicted octanol–water partition coefficient (Wildman–Crippen LogP) is 2.90. The number of rotatable bonds is 12. The first-order valence-electron chi connectivity index (χ1n) is 17.9. The van der Waals surface area contributed by atoms with Crippen LogP contribution in [0, 0.1) is 11.8 Å². The van der Waals surface area contributed by atoms with E-state index in [1.165, 1.54) is 44.6 Å². The van der Waals surface area contributed by atoms with Crippen molar-refractivity contribution in [3.05, 3.63) is 90.4 Å². The third kappa shape index (κ3) is 9.16. The van der Waals surface area contributed by atoms with Gasteiger partial charge in [-0.25, -0.2) is 23.3 Å². The first kappa shape index (κ1) is 47.7. The van der Waals surface area contributed by atoms with E-state index in [4.69, 9.17) is 62.4 Å². The highest BCUT2D eigenvalue weighted by Gasteiger charge is 2.56. The average molecular weight is 1010 g/mol. The highest BCUT2D eigenvalue weighted by atomic mass is 35.5. The number of phosphoric acid groups is 3. The van der Waals surface area contributed by atoms with Crippen molar-refractivity contribution in [2.75, 3.05) is 33.1 Å². The number of esters is 1. The second-order valence-corrected chi connectivity index (χ2v) is 18.9. The number of hydrogen-bond acceptors (Lipinski definition) is 19. The van der Waals surface area contributed by atoms with Gasteiger partial charge in [0.05, 0.1) is 55.7 Å². The molecule has 1 spiro atoms. The zero-order valence-corrected chi connectivity index (χ0v) is 36.9. The number of carbonyl (C=O) groups excluding carboxylic acids is 2. The number of phenolic OH excluding ortho intramolecular Hbond substituents is 2. The summed E-state index contributed by atoms with van der Waals surface area (Å²) < 4.78 is 75.6. The molecule has 25 nitrogen and oxygen atoms in total. The molecule has 1 aromatic heterocycles. The fourth-order valence-corrected chi connectivity index (χ4v) is 10.4.